The third-order valence-electron chi connectivity index (χ3n) is 4.36. The lowest BCUT2D eigenvalue weighted by atomic mass is 9.84. The lowest BCUT2D eigenvalue weighted by Gasteiger charge is -2.37. The van der Waals surface area contributed by atoms with Gasteiger partial charge in [-0.15, -0.1) is 0 Å². The van der Waals surface area contributed by atoms with Crippen LogP contribution < -0.4 is 0 Å². The predicted molar refractivity (Wildman–Crippen MR) is 74.6 cm³/mol. The van der Waals surface area contributed by atoms with Crippen molar-refractivity contribution in [1.29, 1.82) is 0 Å². The van der Waals surface area contributed by atoms with Gasteiger partial charge in [0.05, 0.1) is 11.1 Å². The molecule has 0 aliphatic carbocycles. The summed E-state index contributed by atoms with van der Waals surface area (Å²) >= 11 is 12.3. The Morgan fingerprint density at radius 2 is 1.32 bits per heavy atom. The van der Waals surface area contributed by atoms with Crippen LogP contribution in [-0.4, -0.2) is 31.6 Å². The molecule has 1 aliphatic rings. The topological polar surface area (TPSA) is 46.9 Å². The lowest BCUT2D eigenvalue weighted by Crippen LogP contribution is -2.52. The zero-order chi connectivity index (χ0) is 14.6. The number of hydrogen-bond donors (Lipinski definition) is 2. The molecule has 0 amide bonds. The van der Waals surface area contributed by atoms with E-state index < -0.39 is 17.2 Å². The SMILES string of the molecule is CC1(C)N(O)C(c2c(Cl)cccc2Cl)N(O)C1(C)C. The van der Waals surface area contributed by atoms with Crippen LogP contribution in [0.4, 0.5) is 0 Å². The Morgan fingerprint density at radius 1 is 0.947 bits per heavy atom. The third kappa shape index (κ3) is 1.98. The van der Waals surface area contributed by atoms with Gasteiger partial charge in [0.25, 0.3) is 0 Å². The Hall–Kier alpha value is -0.360. The molecule has 0 spiro atoms. The quantitative estimate of drug-likeness (QED) is 0.825. The van der Waals surface area contributed by atoms with E-state index in [1.165, 1.54) is 0 Å². The fourth-order valence-corrected chi connectivity index (χ4v) is 2.87. The van der Waals surface area contributed by atoms with E-state index >= 15 is 0 Å². The van der Waals surface area contributed by atoms with Crippen molar-refractivity contribution in [1.82, 2.24) is 10.1 Å². The van der Waals surface area contributed by atoms with Gasteiger partial charge in [-0.25, -0.2) is 0 Å². The average Bonchev–Trinajstić information content (AvgIpc) is 2.41. The van der Waals surface area contributed by atoms with Crippen LogP contribution in [0, 0.1) is 0 Å². The highest BCUT2D eigenvalue weighted by molar-refractivity contribution is 6.36. The molecule has 1 aromatic rings. The monoisotopic (exact) mass is 304 g/mol. The van der Waals surface area contributed by atoms with Crippen molar-refractivity contribution < 1.29 is 10.4 Å². The molecule has 1 heterocycles. The van der Waals surface area contributed by atoms with Gasteiger partial charge < -0.3 is 10.4 Å². The Balaban J connectivity index is 2.59. The first-order valence-corrected chi connectivity index (χ1v) is 6.78. The summed E-state index contributed by atoms with van der Waals surface area (Å²) in [5, 5.41) is 23.9. The highest BCUT2D eigenvalue weighted by Crippen LogP contribution is 2.49. The molecule has 0 unspecified atom stereocenters. The number of nitrogens with zero attached hydrogens (tertiary/aromatic N) is 2. The minimum Gasteiger partial charge on any atom is -0.311 e. The van der Waals surface area contributed by atoms with Gasteiger partial charge in [0.1, 0.15) is 6.17 Å². The van der Waals surface area contributed by atoms with Crippen LogP contribution in [0.15, 0.2) is 18.2 Å². The molecular weight excluding hydrogens is 287 g/mol. The van der Waals surface area contributed by atoms with Crippen LogP contribution in [0.1, 0.15) is 39.4 Å². The molecule has 4 nitrogen and oxygen atoms in total. The maximum atomic E-state index is 10.4. The van der Waals surface area contributed by atoms with Gasteiger partial charge >= 0.3 is 0 Å². The molecule has 2 rings (SSSR count). The van der Waals surface area contributed by atoms with Gasteiger partial charge in [0.15, 0.2) is 0 Å². The van der Waals surface area contributed by atoms with E-state index in [-0.39, 0.29) is 0 Å². The number of hydrogen-bond acceptors (Lipinski definition) is 4. The molecular formula is C13H18Cl2N2O2. The summed E-state index contributed by atoms with van der Waals surface area (Å²) in [6.07, 6.45) is -0.800. The van der Waals surface area contributed by atoms with E-state index in [9.17, 15) is 10.4 Å². The smallest absolute Gasteiger partial charge is 0.139 e. The van der Waals surface area contributed by atoms with Crippen LogP contribution in [0.3, 0.4) is 0 Å². The Kier molecular flexibility index (Phi) is 3.63. The van der Waals surface area contributed by atoms with Gasteiger partial charge in [-0.1, -0.05) is 29.3 Å². The molecule has 2 N–H and O–H groups in total. The second-order valence-corrected chi connectivity index (χ2v) is 6.63. The van der Waals surface area contributed by atoms with E-state index in [0.717, 1.165) is 10.1 Å². The van der Waals surface area contributed by atoms with E-state index in [1.807, 2.05) is 27.7 Å². The predicted octanol–water partition coefficient (Wildman–Crippen LogP) is 3.95. The minimum atomic E-state index is -0.800. The van der Waals surface area contributed by atoms with Crippen molar-refractivity contribution in [2.24, 2.45) is 0 Å². The summed E-state index contributed by atoms with van der Waals surface area (Å²) in [6, 6.07) is 5.09. The van der Waals surface area contributed by atoms with Crippen LogP contribution in [0.5, 0.6) is 0 Å². The zero-order valence-electron chi connectivity index (χ0n) is 11.4. The molecule has 19 heavy (non-hydrogen) atoms. The van der Waals surface area contributed by atoms with E-state index in [2.05, 4.69) is 0 Å². The van der Waals surface area contributed by atoms with E-state index in [4.69, 9.17) is 23.2 Å². The molecule has 1 saturated heterocycles. The molecule has 1 aromatic carbocycles. The summed E-state index contributed by atoms with van der Waals surface area (Å²) in [5.74, 6) is 0. The van der Waals surface area contributed by atoms with Gasteiger partial charge in [0.2, 0.25) is 0 Å². The fourth-order valence-electron chi connectivity index (χ4n) is 2.28. The van der Waals surface area contributed by atoms with E-state index in [1.54, 1.807) is 18.2 Å². The first-order valence-electron chi connectivity index (χ1n) is 6.02. The Morgan fingerprint density at radius 3 is 1.68 bits per heavy atom. The maximum Gasteiger partial charge on any atom is 0.139 e. The van der Waals surface area contributed by atoms with E-state index in [0.29, 0.717) is 15.6 Å². The van der Waals surface area contributed by atoms with Gasteiger partial charge in [-0.3, -0.25) is 0 Å². The first kappa shape index (κ1) is 15.0. The second-order valence-electron chi connectivity index (χ2n) is 5.82. The largest absolute Gasteiger partial charge is 0.311 e. The Bertz CT molecular complexity index is 465. The standard InChI is InChI=1S/C13H18Cl2N2O2/c1-12(2)13(3,4)17(19)11(16(12)18)10-8(14)6-5-7-9(10)15/h5-7,11,18-19H,1-4H3. The van der Waals surface area contributed by atoms with Gasteiger partial charge in [-0.05, 0) is 39.8 Å². The van der Waals surface area contributed by atoms with Crippen molar-refractivity contribution in [2.75, 3.05) is 0 Å². The normalized spacial score (nSPS) is 24.0. The molecule has 1 fully saturated rings. The average molecular weight is 305 g/mol. The molecule has 0 aromatic heterocycles. The van der Waals surface area contributed by atoms with Crippen molar-refractivity contribution >= 4 is 23.2 Å². The second kappa shape index (κ2) is 4.58. The molecule has 0 radical (unpaired) electrons. The highest BCUT2D eigenvalue weighted by Gasteiger charge is 2.58. The summed E-state index contributed by atoms with van der Waals surface area (Å²) < 4.78 is 0. The van der Waals surface area contributed by atoms with Crippen LogP contribution in [0.2, 0.25) is 10.0 Å². The molecule has 0 bridgehead atoms. The Labute approximate surface area is 123 Å². The van der Waals surface area contributed by atoms with Crippen molar-refractivity contribution in [3.05, 3.63) is 33.8 Å². The molecule has 6 heteroatoms. The summed E-state index contributed by atoms with van der Waals surface area (Å²) in [5.41, 5.74) is -0.849. The van der Waals surface area contributed by atoms with Crippen molar-refractivity contribution in [2.45, 2.75) is 44.9 Å². The van der Waals surface area contributed by atoms with Gasteiger partial charge in [0, 0.05) is 15.6 Å². The lowest BCUT2D eigenvalue weighted by molar-refractivity contribution is -0.223. The van der Waals surface area contributed by atoms with Gasteiger partial charge in [-0.2, -0.15) is 10.1 Å². The summed E-state index contributed by atoms with van der Waals surface area (Å²) in [7, 11) is 0. The van der Waals surface area contributed by atoms with Crippen LogP contribution in [-0.2, 0) is 0 Å². The number of benzene rings is 1. The number of hydroxylamine groups is 4. The van der Waals surface area contributed by atoms with Crippen molar-refractivity contribution in [3.63, 3.8) is 0 Å². The fraction of sp³-hybridized carbons (Fsp3) is 0.538. The summed E-state index contributed by atoms with van der Waals surface area (Å²) in [6.45, 7) is 7.39. The maximum absolute atomic E-state index is 10.4. The minimum absolute atomic E-state index is 0.407. The highest BCUT2D eigenvalue weighted by atomic mass is 35.5. The number of halogens is 2. The van der Waals surface area contributed by atoms with Crippen LogP contribution >= 0.6 is 23.2 Å². The summed E-state index contributed by atoms with van der Waals surface area (Å²) in [4.78, 5) is 0. The zero-order valence-corrected chi connectivity index (χ0v) is 12.9. The van der Waals surface area contributed by atoms with Crippen LogP contribution in [0.25, 0.3) is 0 Å². The van der Waals surface area contributed by atoms with Crippen molar-refractivity contribution in [3.8, 4) is 0 Å². The molecule has 0 atom stereocenters. The molecule has 0 saturated carbocycles. The molecule has 1 aliphatic heterocycles. The third-order valence-corrected chi connectivity index (χ3v) is 5.02. The number of rotatable bonds is 1. The first-order chi connectivity index (χ1) is 8.62. The molecule has 106 valence electrons.